The lowest BCUT2D eigenvalue weighted by molar-refractivity contribution is 0.619. The fourth-order valence-electron chi connectivity index (χ4n) is 2.45. The molecule has 0 unspecified atom stereocenters. The Hall–Kier alpha value is -2.13. The minimum Gasteiger partial charge on any atom is -0.326 e. The quantitative estimate of drug-likeness (QED) is 0.745. The molecule has 2 nitrogen and oxygen atoms in total. The maximum absolute atomic E-state index is 13.4. The molecular formula is C16H15FN2. The Kier molecular flexibility index (Phi) is 2.84. The summed E-state index contributed by atoms with van der Waals surface area (Å²) in [5.41, 5.74) is 10.8. The van der Waals surface area contributed by atoms with Crippen LogP contribution in [-0.2, 0) is 6.54 Å². The molecule has 2 aromatic heterocycles. The van der Waals surface area contributed by atoms with Gasteiger partial charge in [-0.05, 0) is 47.9 Å². The summed E-state index contributed by atoms with van der Waals surface area (Å²) >= 11 is 0. The van der Waals surface area contributed by atoms with Crippen molar-refractivity contribution in [3.8, 4) is 11.1 Å². The number of halogens is 1. The summed E-state index contributed by atoms with van der Waals surface area (Å²) in [4.78, 5) is 0. The molecule has 0 atom stereocenters. The molecule has 0 bridgehead atoms. The minimum absolute atomic E-state index is 0.179. The van der Waals surface area contributed by atoms with Crippen molar-refractivity contribution in [2.75, 3.05) is 0 Å². The van der Waals surface area contributed by atoms with Crippen LogP contribution >= 0.6 is 0 Å². The van der Waals surface area contributed by atoms with Crippen molar-refractivity contribution in [2.24, 2.45) is 5.73 Å². The van der Waals surface area contributed by atoms with Crippen molar-refractivity contribution in [2.45, 2.75) is 13.5 Å². The van der Waals surface area contributed by atoms with E-state index >= 15 is 0 Å². The van der Waals surface area contributed by atoms with Gasteiger partial charge in [-0.25, -0.2) is 4.39 Å². The molecule has 0 radical (unpaired) electrons. The minimum atomic E-state index is -0.179. The highest BCUT2D eigenvalue weighted by Crippen LogP contribution is 2.29. The standard InChI is InChI=1S/C16H15FN2/c1-11-8-12(5-6-15(11)17)14-10-19-7-3-2-4-16(19)13(14)9-18/h2-8,10H,9,18H2,1H3. The van der Waals surface area contributed by atoms with Gasteiger partial charge in [-0.15, -0.1) is 0 Å². The fourth-order valence-corrected chi connectivity index (χ4v) is 2.45. The normalized spacial score (nSPS) is 11.1. The number of fused-ring (bicyclic) bond motifs is 1. The third kappa shape index (κ3) is 1.92. The first kappa shape index (κ1) is 11.9. The average Bonchev–Trinajstić information content (AvgIpc) is 2.80. The van der Waals surface area contributed by atoms with Crippen molar-refractivity contribution >= 4 is 5.52 Å². The highest BCUT2D eigenvalue weighted by atomic mass is 19.1. The molecule has 0 aliphatic heterocycles. The zero-order valence-electron chi connectivity index (χ0n) is 10.7. The second-order valence-electron chi connectivity index (χ2n) is 4.68. The molecule has 0 saturated heterocycles. The first-order chi connectivity index (χ1) is 9.20. The van der Waals surface area contributed by atoms with Gasteiger partial charge in [0.15, 0.2) is 0 Å². The maximum Gasteiger partial charge on any atom is 0.126 e. The SMILES string of the molecule is Cc1cc(-c2cn3ccccc3c2CN)ccc1F. The van der Waals surface area contributed by atoms with Crippen molar-refractivity contribution in [1.82, 2.24) is 4.40 Å². The summed E-state index contributed by atoms with van der Waals surface area (Å²) < 4.78 is 15.4. The molecule has 3 rings (SSSR count). The second-order valence-corrected chi connectivity index (χ2v) is 4.68. The van der Waals surface area contributed by atoms with E-state index in [0.29, 0.717) is 12.1 Å². The van der Waals surface area contributed by atoms with Crippen LogP contribution in [0, 0.1) is 12.7 Å². The highest BCUT2D eigenvalue weighted by Gasteiger charge is 2.11. The van der Waals surface area contributed by atoms with E-state index < -0.39 is 0 Å². The Morgan fingerprint density at radius 3 is 2.79 bits per heavy atom. The molecule has 0 saturated carbocycles. The van der Waals surface area contributed by atoms with Crippen LogP contribution in [0.25, 0.3) is 16.6 Å². The number of hydrogen-bond donors (Lipinski definition) is 1. The third-order valence-corrected chi connectivity index (χ3v) is 3.47. The first-order valence-corrected chi connectivity index (χ1v) is 6.26. The van der Waals surface area contributed by atoms with Gasteiger partial charge in [0.05, 0.1) is 5.52 Å². The molecule has 2 N–H and O–H groups in total. The molecule has 19 heavy (non-hydrogen) atoms. The van der Waals surface area contributed by atoms with E-state index in [9.17, 15) is 4.39 Å². The van der Waals surface area contributed by atoms with Gasteiger partial charge < -0.3 is 10.1 Å². The first-order valence-electron chi connectivity index (χ1n) is 6.26. The number of nitrogens with two attached hydrogens (primary N) is 1. The third-order valence-electron chi connectivity index (χ3n) is 3.47. The zero-order chi connectivity index (χ0) is 13.4. The van der Waals surface area contributed by atoms with Crippen molar-refractivity contribution in [1.29, 1.82) is 0 Å². The van der Waals surface area contributed by atoms with E-state index in [4.69, 9.17) is 5.73 Å². The number of aromatic nitrogens is 1. The van der Waals surface area contributed by atoms with E-state index in [0.717, 1.165) is 22.2 Å². The predicted octanol–water partition coefficient (Wildman–Crippen LogP) is 3.51. The van der Waals surface area contributed by atoms with E-state index in [1.165, 1.54) is 6.07 Å². The topological polar surface area (TPSA) is 30.4 Å². The number of pyridine rings is 1. The molecule has 3 aromatic rings. The number of nitrogens with zero attached hydrogens (tertiary/aromatic N) is 1. The Morgan fingerprint density at radius 1 is 1.21 bits per heavy atom. The van der Waals surface area contributed by atoms with E-state index in [2.05, 4.69) is 4.40 Å². The molecule has 0 aliphatic rings. The van der Waals surface area contributed by atoms with E-state index in [1.54, 1.807) is 13.0 Å². The smallest absolute Gasteiger partial charge is 0.126 e. The van der Waals surface area contributed by atoms with Gasteiger partial charge in [0, 0.05) is 24.5 Å². The Morgan fingerprint density at radius 2 is 2.05 bits per heavy atom. The molecule has 3 heteroatoms. The highest BCUT2D eigenvalue weighted by molar-refractivity contribution is 5.77. The van der Waals surface area contributed by atoms with Crippen LogP contribution in [0.3, 0.4) is 0 Å². The van der Waals surface area contributed by atoms with Crippen molar-refractivity contribution in [3.05, 3.63) is 65.7 Å². The summed E-state index contributed by atoms with van der Waals surface area (Å²) in [5, 5.41) is 0. The largest absolute Gasteiger partial charge is 0.326 e. The summed E-state index contributed by atoms with van der Waals surface area (Å²) in [6.45, 7) is 2.24. The van der Waals surface area contributed by atoms with Crippen LogP contribution in [0.4, 0.5) is 4.39 Å². The van der Waals surface area contributed by atoms with E-state index in [1.807, 2.05) is 36.7 Å². The van der Waals surface area contributed by atoms with Crippen molar-refractivity contribution in [3.63, 3.8) is 0 Å². The molecule has 0 aliphatic carbocycles. The Labute approximate surface area is 111 Å². The second kappa shape index (κ2) is 4.52. The number of hydrogen-bond acceptors (Lipinski definition) is 1. The predicted molar refractivity (Wildman–Crippen MR) is 75.4 cm³/mol. The average molecular weight is 254 g/mol. The molecule has 0 spiro atoms. The van der Waals surface area contributed by atoms with Crippen LogP contribution in [0.15, 0.2) is 48.8 Å². The number of aryl methyl sites for hydroxylation is 1. The molecular weight excluding hydrogens is 239 g/mol. The van der Waals surface area contributed by atoms with Gasteiger partial charge >= 0.3 is 0 Å². The molecule has 96 valence electrons. The van der Waals surface area contributed by atoms with Gasteiger partial charge in [-0.3, -0.25) is 0 Å². The van der Waals surface area contributed by atoms with E-state index in [-0.39, 0.29) is 5.82 Å². The van der Waals surface area contributed by atoms with Gasteiger partial charge in [-0.2, -0.15) is 0 Å². The molecule has 1 aromatic carbocycles. The van der Waals surface area contributed by atoms with Crippen LogP contribution in [0.1, 0.15) is 11.1 Å². The lowest BCUT2D eigenvalue weighted by atomic mass is 10.0. The van der Waals surface area contributed by atoms with Crippen LogP contribution in [0.5, 0.6) is 0 Å². The monoisotopic (exact) mass is 254 g/mol. The van der Waals surface area contributed by atoms with Crippen LogP contribution in [0.2, 0.25) is 0 Å². The Bertz CT molecular complexity index is 744. The van der Waals surface area contributed by atoms with Crippen LogP contribution < -0.4 is 5.73 Å². The van der Waals surface area contributed by atoms with Crippen molar-refractivity contribution < 1.29 is 4.39 Å². The lowest BCUT2D eigenvalue weighted by Gasteiger charge is -2.04. The summed E-state index contributed by atoms with van der Waals surface area (Å²) in [5.74, 6) is -0.179. The summed E-state index contributed by atoms with van der Waals surface area (Å²) in [6, 6.07) is 11.2. The maximum atomic E-state index is 13.4. The summed E-state index contributed by atoms with van der Waals surface area (Å²) in [6.07, 6.45) is 4.04. The molecule has 0 fully saturated rings. The Balaban J connectivity index is 2.26. The number of rotatable bonds is 2. The zero-order valence-corrected chi connectivity index (χ0v) is 10.7. The van der Waals surface area contributed by atoms with Crippen LogP contribution in [-0.4, -0.2) is 4.40 Å². The summed E-state index contributed by atoms with van der Waals surface area (Å²) in [7, 11) is 0. The molecule has 0 amide bonds. The molecule has 2 heterocycles. The van der Waals surface area contributed by atoms with Gasteiger partial charge in [0.1, 0.15) is 5.82 Å². The number of benzene rings is 1. The van der Waals surface area contributed by atoms with Gasteiger partial charge in [-0.1, -0.05) is 12.1 Å². The van der Waals surface area contributed by atoms with Gasteiger partial charge in [0.2, 0.25) is 0 Å². The fraction of sp³-hybridized carbons (Fsp3) is 0.125. The lowest BCUT2D eigenvalue weighted by Crippen LogP contribution is -1.97. The van der Waals surface area contributed by atoms with Gasteiger partial charge in [0.25, 0.3) is 0 Å².